The van der Waals surface area contributed by atoms with Gasteiger partial charge in [0.2, 0.25) is 0 Å². The van der Waals surface area contributed by atoms with Crippen LogP contribution in [0.4, 0.5) is 14.5 Å². The second-order valence-electron chi connectivity index (χ2n) is 3.93. The fourth-order valence-electron chi connectivity index (χ4n) is 1.64. The highest BCUT2D eigenvalue weighted by Crippen LogP contribution is 2.29. The van der Waals surface area contributed by atoms with Gasteiger partial charge >= 0.3 is 6.61 Å². The zero-order chi connectivity index (χ0) is 15.4. The predicted molar refractivity (Wildman–Crippen MR) is 80.2 cm³/mol. The van der Waals surface area contributed by atoms with Gasteiger partial charge in [0.25, 0.3) is 5.91 Å². The van der Waals surface area contributed by atoms with E-state index in [0.717, 1.165) is 0 Å². The fraction of sp³-hybridized carbons (Fsp3) is 0.0714. The molecule has 2 aromatic rings. The van der Waals surface area contributed by atoms with Crippen molar-refractivity contribution >= 4 is 39.1 Å². The lowest BCUT2D eigenvalue weighted by atomic mass is 10.2. The first-order valence-corrected chi connectivity index (χ1v) is 6.95. The highest BCUT2D eigenvalue weighted by molar-refractivity contribution is 9.10. The SMILES string of the molecule is O=C(Nc1ccccc1OC(F)F)c1cccc(Br)c1Cl. The van der Waals surface area contributed by atoms with E-state index in [1.54, 1.807) is 18.2 Å². The Morgan fingerprint density at radius 2 is 1.90 bits per heavy atom. The van der Waals surface area contributed by atoms with E-state index in [4.69, 9.17) is 11.6 Å². The molecule has 0 aromatic heterocycles. The average molecular weight is 377 g/mol. The minimum atomic E-state index is -2.97. The summed E-state index contributed by atoms with van der Waals surface area (Å²) in [5, 5.41) is 2.74. The number of rotatable bonds is 4. The van der Waals surface area contributed by atoms with Crippen LogP contribution >= 0.6 is 27.5 Å². The third kappa shape index (κ3) is 3.92. The summed E-state index contributed by atoms with van der Waals surface area (Å²) in [6, 6.07) is 10.8. The quantitative estimate of drug-likeness (QED) is 0.819. The molecule has 110 valence electrons. The molecule has 0 aliphatic heterocycles. The number of para-hydroxylation sites is 2. The maximum absolute atomic E-state index is 12.3. The molecule has 0 radical (unpaired) electrons. The number of carbonyl (C=O) groups is 1. The van der Waals surface area contributed by atoms with E-state index in [2.05, 4.69) is 26.0 Å². The maximum atomic E-state index is 12.3. The molecule has 0 fully saturated rings. The highest BCUT2D eigenvalue weighted by atomic mass is 79.9. The van der Waals surface area contributed by atoms with Crippen LogP contribution in [-0.4, -0.2) is 12.5 Å². The van der Waals surface area contributed by atoms with E-state index in [1.165, 1.54) is 24.3 Å². The third-order valence-corrected chi connectivity index (χ3v) is 3.84. The summed E-state index contributed by atoms with van der Waals surface area (Å²) >= 11 is 9.23. The van der Waals surface area contributed by atoms with Crippen molar-refractivity contribution in [2.45, 2.75) is 6.61 Å². The normalized spacial score (nSPS) is 10.5. The molecule has 0 unspecified atom stereocenters. The summed E-state index contributed by atoms with van der Waals surface area (Å²) in [6.07, 6.45) is 0. The summed E-state index contributed by atoms with van der Waals surface area (Å²) in [7, 11) is 0. The number of halogens is 4. The molecule has 0 atom stereocenters. The molecule has 7 heteroatoms. The first kappa shape index (κ1) is 15.7. The Bertz CT molecular complexity index is 667. The van der Waals surface area contributed by atoms with Crippen LogP contribution in [0, 0.1) is 0 Å². The van der Waals surface area contributed by atoms with Gasteiger partial charge < -0.3 is 10.1 Å². The van der Waals surface area contributed by atoms with E-state index in [1.807, 2.05) is 0 Å². The van der Waals surface area contributed by atoms with Crippen molar-refractivity contribution in [2.24, 2.45) is 0 Å². The average Bonchev–Trinajstić information content (AvgIpc) is 2.43. The molecule has 0 aliphatic carbocycles. The molecule has 0 spiro atoms. The van der Waals surface area contributed by atoms with Crippen molar-refractivity contribution < 1.29 is 18.3 Å². The van der Waals surface area contributed by atoms with Crippen LogP contribution in [-0.2, 0) is 0 Å². The lowest BCUT2D eigenvalue weighted by Crippen LogP contribution is -2.14. The van der Waals surface area contributed by atoms with E-state index >= 15 is 0 Å². The highest BCUT2D eigenvalue weighted by Gasteiger charge is 2.15. The van der Waals surface area contributed by atoms with Gasteiger partial charge in [0.15, 0.2) is 0 Å². The Labute approximate surface area is 133 Å². The number of ether oxygens (including phenoxy) is 1. The third-order valence-electron chi connectivity index (χ3n) is 2.55. The second-order valence-corrected chi connectivity index (χ2v) is 5.16. The van der Waals surface area contributed by atoms with Crippen LogP contribution in [0.3, 0.4) is 0 Å². The monoisotopic (exact) mass is 375 g/mol. The summed E-state index contributed by atoms with van der Waals surface area (Å²) in [5.74, 6) is -0.640. The number of amides is 1. The number of carbonyl (C=O) groups excluding carboxylic acids is 1. The summed E-state index contributed by atoms with van der Waals surface area (Å²) in [5.41, 5.74) is 0.358. The molecule has 0 aliphatic rings. The first-order valence-electron chi connectivity index (χ1n) is 5.78. The van der Waals surface area contributed by atoms with Crippen molar-refractivity contribution in [1.29, 1.82) is 0 Å². The van der Waals surface area contributed by atoms with Crippen molar-refractivity contribution in [1.82, 2.24) is 0 Å². The minimum absolute atomic E-state index is 0.119. The van der Waals surface area contributed by atoms with Crippen LogP contribution < -0.4 is 10.1 Å². The zero-order valence-electron chi connectivity index (χ0n) is 10.4. The Morgan fingerprint density at radius 1 is 1.19 bits per heavy atom. The molecule has 0 heterocycles. The van der Waals surface area contributed by atoms with Crippen LogP contribution in [0.25, 0.3) is 0 Å². The number of nitrogens with one attached hydrogen (secondary N) is 1. The van der Waals surface area contributed by atoms with Crippen molar-refractivity contribution in [2.75, 3.05) is 5.32 Å². The Morgan fingerprint density at radius 3 is 2.62 bits per heavy atom. The van der Waals surface area contributed by atoms with Crippen molar-refractivity contribution in [3.8, 4) is 5.75 Å². The summed E-state index contributed by atoms with van der Waals surface area (Å²) in [4.78, 5) is 12.2. The fourth-order valence-corrected chi connectivity index (χ4v) is 2.22. The Balaban J connectivity index is 2.26. The number of alkyl halides is 2. The van der Waals surface area contributed by atoms with E-state index in [-0.39, 0.29) is 22.0 Å². The standard InChI is InChI=1S/C14H9BrClF2NO2/c15-9-5-3-4-8(12(9)16)13(20)19-10-6-1-2-7-11(10)21-14(17)18/h1-7,14H,(H,19,20). The molecule has 1 amide bonds. The topological polar surface area (TPSA) is 38.3 Å². The minimum Gasteiger partial charge on any atom is -0.433 e. The molecule has 2 rings (SSSR count). The van der Waals surface area contributed by atoms with Crippen molar-refractivity contribution in [3.63, 3.8) is 0 Å². The van der Waals surface area contributed by atoms with Crippen LogP contribution in [0.5, 0.6) is 5.75 Å². The van der Waals surface area contributed by atoms with Gasteiger partial charge in [-0.3, -0.25) is 4.79 Å². The zero-order valence-corrected chi connectivity index (χ0v) is 12.8. The number of benzene rings is 2. The lowest BCUT2D eigenvalue weighted by molar-refractivity contribution is -0.0493. The first-order chi connectivity index (χ1) is 9.99. The van der Waals surface area contributed by atoms with Crippen molar-refractivity contribution in [3.05, 3.63) is 57.5 Å². The molecule has 0 saturated carbocycles. The molecular formula is C14H9BrClF2NO2. The number of hydrogen-bond donors (Lipinski definition) is 1. The van der Waals surface area contributed by atoms with Crippen LogP contribution in [0.1, 0.15) is 10.4 Å². The summed E-state index contributed by atoms with van der Waals surface area (Å²) < 4.78 is 29.5. The molecular weight excluding hydrogens is 368 g/mol. The Hall–Kier alpha value is -1.66. The lowest BCUT2D eigenvalue weighted by Gasteiger charge is -2.12. The molecule has 0 bridgehead atoms. The van der Waals surface area contributed by atoms with Gasteiger partial charge in [-0.05, 0) is 40.2 Å². The molecule has 0 saturated heterocycles. The number of hydrogen-bond acceptors (Lipinski definition) is 2. The largest absolute Gasteiger partial charge is 0.433 e. The number of anilines is 1. The molecule has 2 aromatic carbocycles. The maximum Gasteiger partial charge on any atom is 0.387 e. The van der Waals surface area contributed by atoms with Crippen LogP contribution in [0.2, 0.25) is 5.02 Å². The van der Waals surface area contributed by atoms with Crippen LogP contribution in [0.15, 0.2) is 46.9 Å². The molecule has 21 heavy (non-hydrogen) atoms. The van der Waals surface area contributed by atoms with Gasteiger partial charge in [0.1, 0.15) is 5.75 Å². The summed E-state index contributed by atoms with van der Waals surface area (Å²) in [6.45, 7) is -2.97. The van der Waals surface area contributed by atoms with Gasteiger partial charge in [-0.15, -0.1) is 0 Å². The Kier molecular flexibility index (Phi) is 5.14. The van der Waals surface area contributed by atoms with Gasteiger partial charge in [0.05, 0.1) is 16.3 Å². The van der Waals surface area contributed by atoms with E-state index in [0.29, 0.717) is 4.47 Å². The van der Waals surface area contributed by atoms with Gasteiger partial charge in [-0.2, -0.15) is 8.78 Å². The van der Waals surface area contributed by atoms with Gasteiger partial charge in [-0.1, -0.05) is 29.8 Å². The molecule has 3 nitrogen and oxygen atoms in total. The predicted octanol–water partition coefficient (Wildman–Crippen LogP) is 4.96. The van der Waals surface area contributed by atoms with Gasteiger partial charge in [-0.25, -0.2) is 0 Å². The smallest absolute Gasteiger partial charge is 0.387 e. The van der Waals surface area contributed by atoms with E-state index in [9.17, 15) is 13.6 Å². The molecule has 1 N–H and O–H groups in total. The van der Waals surface area contributed by atoms with E-state index < -0.39 is 12.5 Å². The van der Waals surface area contributed by atoms with Gasteiger partial charge in [0, 0.05) is 4.47 Å². The second kappa shape index (κ2) is 6.87.